The van der Waals surface area contributed by atoms with Gasteiger partial charge in [0.15, 0.2) is 0 Å². The highest BCUT2D eigenvalue weighted by atomic mass is 35.5. The van der Waals surface area contributed by atoms with Crippen LogP contribution in [-0.4, -0.2) is 5.88 Å². The zero-order chi connectivity index (χ0) is 14.5. The van der Waals surface area contributed by atoms with Gasteiger partial charge in [-0.3, -0.25) is 0 Å². The summed E-state index contributed by atoms with van der Waals surface area (Å²) in [5, 5.41) is 1.20. The summed E-state index contributed by atoms with van der Waals surface area (Å²) in [5.41, 5.74) is 3.86. The second-order valence-electron chi connectivity index (χ2n) is 5.10. The minimum Gasteiger partial charge on any atom is -0.126 e. The maximum Gasteiger partial charge on any atom is 0.0595 e. The highest BCUT2D eigenvalue weighted by Crippen LogP contribution is 2.25. The third-order valence-electron chi connectivity index (χ3n) is 3.50. The fraction of sp³-hybridized carbons (Fsp3) is 0.294. The predicted octanol–water partition coefficient (Wildman–Crippen LogP) is 5.94. The molecule has 2 aromatic carbocycles. The van der Waals surface area contributed by atoms with Gasteiger partial charge in [0.2, 0.25) is 0 Å². The standard InChI is InChI=1S/C17H17Cl3/c1-12-4-2-3-5-15(12)9-14(11-18)8-13-6-7-16(19)17(20)10-13/h2-7,10,14H,8-9,11H2,1H3. The van der Waals surface area contributed by atoms with Crippen LogP contribution in [0, 0.1) is 12.8 Å². The van der Waals surface area contributed by atoms with E-state index < -0.39 is 0 Å². The number of hydrogen-bond donors (Lipinski definition) is 0. The molecule has 0 aliphatic rings. The molecule has 0 N–H and O–H groups in total. The van der Waals surface area contributed by atoms with Crippen LogP contribution in [0.1, 0.15) is 16.7 Å². The molecule has 0 saturated carbocycles. The van der Waals surface area contributed by atoms with Crippen LogP contribution in [0.4, 0.5) is 0 Å². The molecule has 0 radical (unpaired) electrons. The van der Waals surface area contributed by atoms with Crippen molar-refractivity contribution in [3.63, 3.8) is 0 Å². The van der Waals surface area contributed by atoms with E-state index in [2.05, 4.69) is 31.2 Å². The lowest BCUT2D eigenvalue weighted by Gasteiger charge is -2.16. The maximum absolute atomic E-state index is 6.13. The van der Waals surface area contributed by atoms with Crippen molar-refractivity contribution in [2.45, 2.75) is 19.8 Å². The molecule has 0 aliphatic heterocycles. The molecule has 0 spiro atoms. The van der Waals surface area contributed by atoms with E-state index in [9.17, 15) is 0 Å². The summed E-state index contributed by atoms with van der Waals surface area (Å²) in [4.78, 5) is 0. The normalized spacial score (nSPS) is 12.4. The van der Waals surface area contributed by atoms with Gasteiger partial charge in [-0.25, -0.2) is 0 Å². The third-order valence-corrected chi connectivity index (χ3v) is 4.67. The monoisotopic (exact) mass is 326 g/mol. The van der Waals surface area contributed by atoms with E-state index in [4.69, 9.17) is 34.8 Å². The van der Waals surface area contributed by atoms with E-state index in [-0.39, 0.29) is 0 Å². The summed E-state index contributed by atoms with van der Waals surface area (Å²) < 4.78 is 0. The van der Waals surface area contributed by atoms with Crippen molar-refractivity contribution in [1.29, 1.82) is 0 Å². The Morgan fingerprint density at radius 1 is 0.950 bits per heavy atom. The minimum absolute atomic E-state index is 0.398. The third kappa shape index (κ3) is 4.15. The summed E-state index contributed by atoms with van der Waals surface area (Å²) in [6, 6.07) is 14.2. The van der Waals surface area contributed by atoms with Crippen LogP contribution in [0.25, 0.3) is 0 Å². The van der Waals surface area contributed by atoms with E-state index in [1.807, 2.05) is 18.2 Å². The summed E-state index contributed by atoms with van der Waals surface area (Å²) in [5.74, 6) is 1.03. The average molecular weight is 328 g/mol. The molecule has 0 saturated heterocycles. The lowest BCUT2D eigenvalue weighted by molar-refractivity contribution is 0.582. The molecule has 0 fully saturated rings. The Hall–Kier alpha value is -0.690. The Kier molecular flexibility index (Phi) is 5.77. The second kappa shape index (κ2) is 7.36. The number of alkyl halides is 1. The summed E-state index contributed by atoms with van der Waals surface area (Å²) in [6.45, 7) is 2.14. The molecule has 3 heteroatoms. The van der Waals surface area contributed by atoms with Gasteiger partial charge in [-0.2, -0.15) is 0 Å². The van der Waals surface area contributed by atoms with Crippen molar-refractivity contribution in [2.24, 2.45) is 5.92 Å². The molecule has 1 unspecified atom stereocenters. The van der Waals surface area contributed by atoms with Gasteiger partial charge >= 0.3 is 0 Å². The fourth-order valence-electron chi connectivity index (χ4n) is 2.33. The van der Waals surface area contributed by atoms with Crippen LogP contribution in [-0.2, 0) is 12.8 Å². The van der Waals surface area contributed by atoms with Crippen molar-refractivity contribution in [3.8, 4) is 0 Å². The molecule has 0 heterocycles. The highest BCUT2D eigenvalue weighted by Gasteiger charge is 2.12. The van der Waals surface area contributed by atoms with Gasteiger partial charge in [-0.05, 0) is 54.5 Å². The minimum atomic E-state index is 0.398. The van der Waals surface area contributed by atoms with Gasteiger partial charge in [0.1, 0.15) is 0 Å². The van der Waals surface area contributed by atoms with Crippen LogP contribution in [0.15, 0.2) is 42.5 Å². The van der Waals surface area contributed by atoms with Crippen LogP contribution in [0.5, 0.6) is 0 Å². The molecule has 2 aromatic rings. The molecule has 0 aliphatic carbocycles. The smallest absolute Gasteiger partial charge is 0.0595 e. The van der Waals surface area contributed by atoms with E-state index in [0.29, 0.717) is 21.8 Å². The van der Waals surface area contributed by atoms with E-state index in [1.165, 1.54) is 16.7 Å². The zero-order valence-corrected chi connectivity index (χ0v) is 13.6. The van der Waals surface area contributed by atoms with Gasteiger partial charge < -0.3 is 0 Å². The largest absolute Gasteiger partial charge is 0.126 e. The topological polar surface area (TPSA) is 0 Å². The molecule has 20 heavy (non-hydrogen) atoms. The number of benzene rings is 2. The molecule has 0 bridgehead atoms. The van der Waals surface area contributed by atoms with Crippen LogP contribution >= 0.6 is 34.8 Å². The molecule has 106 valence electrons. The summed E-state index contributed by atoms with van der Waals surface area (Å²) >= 11 is 18.1. The number of rotatable bonds is 5. The van der Waals surface area contributed by atoms with Gasteiger partial charge in [0.05, 0.1) is 10.0 Å². The number of hydrogen-bond acceptors (Lipinski definition) is 0. The second-order valence-corrected chi connectivity index (χ2v) is 6.23. The first kappa shape index (κ1) is 15.7. The first-order valence-corrected chi connectivity index (χ1v) is 7.93. The molecule has 0 nitrogen and oxygen atoms in total. The lowest BCUT2D eigenvalue weighted by Crippen LogP contribution is -2.11. The molecule has 0 aromatic heterocycles. The van der Waals surface area contributed by atoms with Crippen molar-refractivity contribution >= 4 is 34.8 Å². The lowest BCUT2D eigenvalue weighted by atomic mass is 9.92. The number of halogens is 3. The van der Waals surface area contributed by atoms with Gasteiger partial charge in [-0.1, -0.05) is 53.5 Å². The molecule has 2 rings (SSSR count). The average Bonchev–Trinajstić information content (AvgIpc) is 2.44. The Morgan fingerprint density at radius 2 is 1.70 bits per heavy atom. The van der Waals surface area contributed by atoms with Crippen molar-refractivity contribution < 1.29 is 0 Å². The van der Waals surface area contributed by atoms with Crippen LogP contribution in [0.3, 0.4) is 0 Å². The first-order valence-electron chi connectivity index (χ1n) is 6.64. The van der Waals surface area contributed by atoms with Crippen molar-refractivity contribution in [3.05, 3.63) is 69.2 Å². The van der Waals surface area contributed by atoms with Crippen molar-refractivity contribution in [1.82, 2.24) is 0 Å². The van der Waals surface area contributed by atoms with E-state index in [0.717, 1.165) is 12.8 Å². The van der Waals surface area contributed by atoms with E-state index >= 15 is 0 Å². The maximum atomic E-state index is 6.13. The first-order chi connectivity index (χ1) is 9.60. The summed E-state index contributed by atoms with van der Waals surface area (Å²) in [7, 11) is 0. The predicted molar refractivity (Wildman–Crippen MR) is 89.3 cm³/mol. The molecule has 1 atom stereocenters. The Balaban J connectivity index is 2.09. The van der Waals surface area contributed by atoms with Gasteiger partial charge in [-0.15, -0.1) is 11.6 Å². The summed E-state index contributed by atoms with van der Waals surface area (Å²) in [6.07, 6.45) is 1.89. The van der Waals surface area contributed by atoms with Crippen LogP contribution < -0.4 is 0 Å². The molecular formula is C17H17Cl3. The van der Waals surface area contributed by atoms with E-state index in [1.54, 1.807) is 0 Å². The Labute approximate surface area is 135 Å². The van der Waals surface area contributed by atoms with Crippen LogP contribution in [0.2, 0.25) is 10.0 Å². The van der Waals surface area contributed by atoms with Gasteiger partial charge in [0.25, 0.3) is 0 Å². The van der Waals surface area contributed by atoms with Gasteiger partial charge in [0, 0.05) is 5.88 Å². The quantitative estimate of drug-likeness (QED) is 0.596. The Morgan fingerprint density at radius 3 is 2.35 bits per heavy atom. The highest BCUT2D eigenvalue weighted by molar-refractivity contribution is 6.42. The fourth-order valence-corrected chi connectivity index (χ4v) is 2.87. The Bertz CT molecular complexity index is 578. The zero-order valence-electron chi connectivity index (χ0n) is 11.4. The molecule has 0 amide bonds. The SMILES string of the molecule is Cc1ccccc1CC(CCl)Cc1ccc(Cl)c(Cl)c1. The van der Waals surface area contributed by atoms with Crippen molar-refractivity contribution in [2.75, 3.05) is 5.88 Å². The number of aryl methyl sites for hydroxylation is 1. The molecular weight excluding hydrogens is 311 g/mol.